The second-order valence-electron chi connectivity index (χ2n) is 9.12. The van der Waals surface area contributed by atoms with E-state index >= 15 is 0 Å². The first kappa shape index (κ1) is 25.5. The molecule has 6 rings (SSSR count). The van der Waals surface area contributed by atoms with Gasteiger partial charge in [0.05, 0.1) is 11.7 Å². The SMILES string of the molecule is Cc1ccc(Oc2ccc(N3C(=S)N[C@H](c4ccccn4)[C@H]3c3ccc(Sc4ccc(Cl)cc4)o3)cc2)cc1. The van der Waals surface area contributed by atoms with Gasteiger partial charge in [-0.15, -0.1) is 0 Å². The highest BCUT2D eigenvalue weighted by Gasteiger charge is 2.42. The fourth-order valence-corrected chi connectivity index (χ4v) is 5.76. The third kappa shape index (κ3) is 5.66. The Morgan fingerprint density at radius 3 is 2.31 bits per heavy atom. The third-order valence-corrected chi connectivity index (χ3v) is 7.89. The summed E-state index contributed by atoms with van der Waals surface area (Å²) in [4.78, 5) is 7.75. The molecule has 1 saturated heterocycles. The maximum atomic E-state index is 6.40. The Morgan fingerprint density at radius 1 is 0.897 bits per heavy atom. The Hall–Kier alpha value is -3.78. The van der Waals surface area contributed by atoms with Gasteiger partial charge < -0.3 is 19.4 Å². The number of nitrogens with one attached hydrogen (secondary N) is 1. The zero-order chi connectivity index (χ0) is 26.8. The van der Waals surface area contributed by atoms with Crippen molar-refractivity contribution in [2.75, 3.05) is 4.90 Å². The van der Waals surface area contributed by atoms with E-state index in [4.69, 9.17) is 33.0 Å². The number of halogens is 1. The van der Waals surface area contributed by atoms with Crippen LogP contribution in [0.2, 0.25) is 5.02 Å². The molecule has 0 saturated carbocycles. The van der Waals surface area contributed by atoms with Crippen molar-refractivity contribution in [3.63, 3.8) is 0 Å². The first-order valence-corrected chi connectivity index (χ1v) is 14.0. The number of benzene rings is 3. The van der Waals surface area contributed by atoms with Crippen LogP contribution in [0.1, 0.15) is 29.1 Å². The quantitative estimate of drug-likeness (QED) is 0.197. The molecule has 1 aliphatic rings. The van der Waals surface area contributed by atoms with E-state index < -0.39 is 0 Å². The van der Waals surface area contributed by atoms with Crippen molar-refractivity contribution in [3.8, 4) is 11.5 Å². The average molecular weight is 570 g/mol. The number of pyridine rings is 1. The Morgan fingerprint density at radius 2 is 1.62 bits per heavy atom. The van der Waals surface area contributed by atoms with Crippen molar-refractivity contribution in [2.24, 2.45) is 0 Å². The Balaban J connectivity index is 1.30. The summed E-state index contributed by atoms with van der Waals surface area (Å²) in [6.07, 6.45) is 1.79. The molecule has 5 nitrogen and oxygen atoms in total. The van der Waals surface area contributed by atoms with Crippen LogP contribution in [-0.2, 0) is 0 Å². The number of aromatic nitrogens is 1. The number of anilines is 1. The van der Waals surface area contributed by atoms with Crippen LogP contribution in [0.5, 0.6) is 11.5 Å². The van der Waals surface area contributed by atoms with E-state index in [0.29, 0.717) is 10.1 Å². The van der Waals surface area contributed by atoms with E-state index in [0.717, 1.165) is 38.6 Å². The van der Waals surface area contributed by atoms with Gasteiger partial charge in [-0.3, -0.25) is 4.98 Å². The smallest absolute Gasteiger partial charge is 0.174 e. The van der Waals surface area contributed by atoms with Gasteiger partial charge >= 0.3 is 0 Å². The number of ether oxygens (including phenoxy) is 1. The number of furan rings is 1. The zero-order valence-electron chi connectivity index (χ0n) is 21.0. The summed E-state index contributed by atoms with van der Waals surface area (Å²) in [5.41, 5.74) is 3.00. The molecule has 1 aliphatic heterocycles. The monoisotopic (exact) mass is 569 g/mol. The summed E-state index contributed by atoms with van der Waals surface area (Å²) >= 11 is 13.4. The molecule has 0 bridgehead atoms. The number of hydrogen-bond donors (Lipinski definition) is 1. The van der Waals surface area contributed by atoms with Crippen LogP contribution in [0, 0.1) is 6.92 Å². The molecule has 0 spiro atoms. The predicted octanol–water partition coefficient (Wildman–Crippen LogP) is 8.76. The highest BCUT2D eigenvalue weighted by atomic mass is 35.5. The molecule has 39 heavy (non-hydrogen) atoms. The molecule has 5 aromatic rings. The lowest BCUT2D eigenvalue weighted by molar-refractivity contribution is 0.383. The fraction of sp³-hybridized carbons (Fsp3) is 0.0968. The summed E-state index contributed by atoms with van der Waals surface area (Å²) in [7, 11) is 0. The maximum absolute atomic E-state index is 6.40. The van der Waals surface area contributed by atoms with Crippen molar-refractivity contribution in [2.45, 2.75) is 29.0 Å². The van der Waals surface area contributed by atoms with Crippen LogP contribution in [0.15, 0.2) is 124 Å². The number of hydrogen-bond acceptors (Lipinski definition) is 5. The molecule has 0 unspecified atom stereocenters. The summed E-state index contributed by atoms with van der Waals surface area (Å²) in [5.74, 6) is 2.33. The van der Waals surface area contributed by atoms with E-state index in [1.807, 2.05) is 103 Å². The van der Waals surface area contributed by atoms with E-state index in [1.165, 1.54) is 5.56 Å². The van der Waals surface area contributed by atoms with Crippen LogP contribution in [0.25, 0.3) is 0 Å². The highest BCUT2D eigenvalue weighted by molar-refractivity contribution is 7.99. The number of aryl methyl sites for hydroxylation is 1. The minimum absolute atomic E-state index is 0.193. The van der Waals surface area contributed by atoms with Gasteiger partial charge in [0.1, 0.15) is 23.3 Å². The van der Waals surface area contributed by atoms with E-state index in [-0.39, 0.29) is 12.1 Å². The number of nitrogens with zero attached hydrogens (tertiary/aromatic N) is 2. The van der Waals surface area contributed by atoms with Gasteiger partial charge in [0.15, 0.2) is 10.2 Å². The van der Waals surface area contributed by atoms with Gasteiger partial charge in [-0.1, -0.05) is 47.1 Å². The standard InChI is InChI=1S/C31H24ClN3O2S2/c1-20-5-11-23(12-6-20)36-24-13-9-22(10-14-24)35-30(29(34-31(35)38)26-4-2-3-19-33-26)27-17-18-28(37-27)39-25-15-7-21(32)8-16-25/h2-19,29-30H,1H3,(H,34,38)/t29-,30-/m1/s1. The van der Waals surface area contributed by atoms with Gasteiger partial charge in [0.25, 0.3) is 0 Å². The third-order valence-electron chi connectivity index (χ3n) is 6.40. The molecule has 8 heteroatoms. The Bertz CT molecular complexity index is 1570. The van der Waals surface area contributed by atoms with Crippen LogP contribution in [0.4, 0.5) is 5.69 Å². The van der Waals surface area contributed by atoms with E-state index in [1.54, 1.807) is 18.0 Å². The van der Waals surface area contributed by atoms with Crippen molar-refractivity contribution in [1.82, 2.24) is 10.3 Å². The summed E-state index contributed by atoms with van der Waals surface area (Å²) in [6.45, 7) is 2.05. The summed E-state index contributed by atoms with van der Waals surface area (Å²) < 4.78 is 12.4. The fourth-order valence-electron chi connectivity index (χ4n) is 4.51. The first-order valence-electron chi connectivity index (χ1n) is 12.4. The average Bonchev–Trinajstić information content (AvgIpc) is 3.56. The molecule has 1 N–H and O–H groups in total. The van der Waals surface area contributed by atoms with Crippen LogP contribution < -0.4 is 15.0 Å². The molecule has 3 aromatic carbocycles. The second-order valence-corrected chi connectivity index (χ2v) is 11.0. The first-order chi connectivity index (χ1) is 19.0. The maximum Gasteiger partial charge on any atom is 0.174 e. The minimum Gasteiger partial charge on any atom is -0.457 e. The molecule has 0 amide bonds. The lowest BCUT2D eigenvalue weighted by Gasteiger charge is -2.26. The second kappa shape index (κ2) is 11.1. The Labute approximate surface area is 241 Å². The van der Waals surface area contributed by atoms with Crippen LogP contribution in [-0.4, -0.2) is 10.1 Å². The van der Waals surface area contributed by atoms with Crippen molar-refractivity contribution in [3.05, 3.63) is 131 Å². The number of rotatable bonds is 7. The lowest BCUT2D eigenvalue weighted by Crippen LogP contribution is -2.29. The van der Waals surface area contributed by atoms with Crippen molar-refractivity contribution < 1.29 is 9.15 Å². The lowest BCUT2D eigenvalue weighted by atomic mass is 10.0. The van der Waals surface area contributed by atoms with Gasteiger partial charge in [-0.05, 0) is 104 Å². The van der Waals surface area contributed by atoms with Crippen LogP contribution in [0.3, 0.4) is 0 Å². The highest BCUT2D eigenvalue weighted by Crippen LogP contribution is 2.44. The normalized spacial score (nSPS) is 16.8. The van der Waals surface area contributed by atoms with Gasteiger partial charge in [-0.2, -0.15) is 0 Å². The molecule has 2 aromatic heterocycles. The van der Waals surface area contributed by atoms with Crippen molar-refractivity contribution in [1.29, 1.82) is 0 Å². The van der Waals surface area contributed by atoms with Gasteiger partial charge in [0.2, 0.25) is 0 Å². The molecule has 2 atom stereocenters. The van der Waals surface area contributed by atoms with Gasteiger partial charge in [0, 0.05) is 21.8 Å². The molecule has 194 valence electrons. The molecular weight excluding hydrogens is 546 g/mol. The predicted molar refractivity (Wildman–Crippen MR) is 160 cm³/mol. The number of thiocarbonyl (C=S) groups is 1. The van der Waals surface area contributed by atoms with Crippen LogP contribution >= 0.6 is 35.6 Å². The molecule has 3 heterocycles. The zero-order valence-corrected chi connectivity index (χ0v) is 23.3. The van der Waals surface area contributed by atoms with Crippen molar-refractivity contribution >= 4 is 46.4 Å². The molecule has 0 radical (unpaired) electrons. The van der Waals surface area contributed by atoms with E-state index in [9.17, 15) is 0 Å². The Kier molecular flexibility index (Phi) is 7.28. The topological polar surface area (TPSA) is 50.5 Å². The molecule has 0 aliphatic carbocycles. The van der Waals surface area contributed by atoms with E-state index in [2.05, 4.69) is 22.1 Å². The minimum atomic E-state index is -0.240. The summed E-state index contributed by atoms with van der Waals surface area (Å²) in [5, 5.41) is 5.56. The summed E-state index contributed by atoms with van der Waals surface area (Å²) in [6, 6.07) is 33.1. The van der Waals surface area contributed by atoms with Gasteiger partial charge in [-0.25, -0.2) is 0 Å². The largest absolute Gasteiger partial charge is 0.457 e. The molecular formula is C31H24ClN3O2S2. The molecule has 1 fully saturated rings.